The van der Waals surface area contributed by atoms with E-state index in [-0.39, 0.29) is 5.15 Å². The lowest BCUT2D eigenvalue weighted by molar-refractivity contribution is 0.00578. The lowest BCUT2D eigenvalue weighted by Crippen LogP contribution is -2.41. The molecule has 1 aliphatic rings. The molecule has 1 saturated heterocycles. The predicted molar refractivity (Wildman–Crippen MR) is 75.4 cm³/mol. The fraction of sp³-hybridized carbons (Fsp3) is 0.636. The number of hydrogen-bond donors (Lipinski definition) is 0. The average molecular weight is 306 g/mol. The maximum Gasteiger partial charge on any atom is 0.513 e. The first-order valence-electron chi connectivity index (χ1n) is 5.89. The Morgan fingerprint density at radius 2 is 1.63 bits per heavy atom. The maximum atomic E-state index is 11.8. The van der Waals surface area contributed by atoms with Crippen LogP contribution in [0, 0.1) is 0 Å². The van der Waals surface area contributed by atoms with Gasteiger partial charge in [0.1, 0.15) is 5.15 Å². The average Bonchev–Trinajstić information content (AvgIpc) is 2.65. The molecule has 2 rings (SSSR count). The Kier molecular flexibility index (Phi) is 3.33. The number of rotatable bonds is 2. The SMILES string of the molecule is CC1(C)OB(c2ccc(Cl)n2S(C)(=O)=O)OC1(C)C. The summed E-state index contributed by atoms with van der Waals surface area (Å²) in [6.07, 6.45) is 1.09. The van der Waals surface area contributed by atoms with Gasteiger partial charge in [-0.05, 0) is 39.8 Å². The minimum Gasteiger partial charge on any atom is -0.398 e. The van der Waals surface area contributed by atoms with E-state index >= 15 is 0 Å². The van der Waals surface area contributed by atoms with Crippen molar-refractivity contribution in [2.45, 2.75) is 38.9 Å². The second-order valence-electron chi connectivity index (χ2n) is 5.70. The van der Waals surface area contributed by atoms with Gasteiger partial charge in [0.2, 0.25) is 10.0 Å². The Bertz CT molecular complexity index is 592. The zero-order valence-corrected chi connectivity index (χ0v) is 13.2. The highest BCUT2D eigenvalue weighted by molar-refractivity contribution is 7.89. The van der Waals surface area contributed by atoms with Crippen molar-refractivity contribution in [2.75, 3.05) is 6.26 Å². The molecule has 2 heterocycles. The quantitative estimate of drug-likeness (QED) is 0.772. The van der Waals surface area contributed by atoms with Gasteiger partial charge in [0.15, 0.2) is 0 Å². The molecule has 0 aliphatic carbocycles. The third-order valence-corrected chi connectivity index (χ3v) is 5.11. The van der Waals surface area contributed by atoms with Crippen molar-refractivity contribution in [2.24, 2.45) is 0 Å². The van der Waals surface area contributed by atoms with Gasteiger partial charge in [-0.15, -0.1) is 0 Å². The molecule has 0 bridgehead atoms. The summed E-state index contributed by atoms with van der Waals surface area (Å²) in [5.41, 5.74) is -0.681. The van der Waals surface area contributed by atoms with Crippen molar-refractivity contribution in [3.8, 4) is 0 Å². The topological polar surface area (TPSA) is 57.5 Å². The van der Waals surface area contributed by atoms with E-state index in [9.17, 15) is 8.42 Å². The van der Waals surface area contributed by atoms with Gasteiger partial charge in [-0.25, -0.2) is 12.4 Å². The third kappa shape index (κ3) is 2.44. The molecule has 1 aromatic heterocycles. The molecule has 106 valence electrons. The van der Waals surface area contributed by atoms with Crippen molar-refractivity contribution in [3.63, 3.8) is 0 Å². The zero-order valence-electron chi connectivity index (χ0n) is 11.6. The summed E-state index contributed by atoms with van der Waals surface area (Å²) < 4.78 is 36.3. The Morgan fingerprint density at radius 3 is 2.05 bits per heavy atom. The standard InChI is InChI=1S/C11H17BClNO4S/c1-10(2)11(3,4)18-12(17-10)8-6-7-9(13)14(8)19(5,15)16/h6-7H,1-5H3. The van der Waals surface area contributed by atoms with Gasteiger partial charge in [0.05, 0.1) is 23.1 Å². The lowest BCUT2D eigenvalue weighted by atomic mass is 9.85. The van der Waals surface area contributed by atoms with Gasteiger partial charge in [-0.3, -0.25) is 0 Å². The molecule has 1 aliphatic heterocycles. The van der Waals surface area contributed by atoms with Crippen molar-refractivity contribution >= 4 is 34.3 Å². The second-order valence-corrected chi connectivity index (χ2v) is 7.92. The molecule has 1 fully saturated rings. The summed E-state index contributed by atoms with van der Waals surface area (Å²) in [5, 5.41) is 0.118. The number of aromatic nitrogens is 1. The number of hydrogen-bond acceptors (Lipinski definition) is 4. The Labute approximate surface area is 119 Å². The molecule has 0 N–H and O–H groups in total. The predicted octanol–water partition coefficient (Wildman–Crippen LogP) is 1.25. The van der Waals surface area contributed by atoms with Crippen molar-refractivity contribution < 1.29 is 17.7 Å². The minimum atomic E-state index is -3.51. The third-order valence-electron chi connectivity index (χ3n) is 3.65. The van der Waals surface area contributed by atoms with Gasteiger partial charge in [-0.2, -0.15) is 0 Å². The van der Waals surface area contributed by atoms with Crippen molar-refractivity contribution in [1.29, 1.82) is 0 Å². The minimum absolute atomic E-state index is 0.118. The summed E-state index contributed by atoms with van der Waals surface area (Å²) in [4.78, 5) is 0. The van der Waals surface area contributed by atoms with Crippen LogP contribution in [-0.4, -0.2) is 37.0 Å². The Balaban J connectivity index is 2.47. The molecule has 0 unspecified atom stereocenters. The van der Waals surface area contributed by atoms with Crippen LogP contribution in [0.3, 0.4) is 0 Å². The van der Waals surface area contributed by atoms with Crippen LogP contribution in [0.15, 0.2) is 12.1 Å². The molecule has 1 aromatic rings. The van der Waals surface area contributed by atoms with Crippen LogP contribution in [0.2, 0.25) is 5.15 Å². The number of nitrogens with zero attached hydrogens (tertiary/aromatic N) is 1. The first-order chi connectivity index (χ1) is 8.46. The first-order valence-corrected chi connectivity index (χ1v) is 8.12. The lowest BCUT2D eigenvalue weighted by Gasteiger charge is -2.32. The van der Waals surface area contributed by atoms with E-state index < -0.39 is 28.3 Å². The van der Waals surface area contributed by atoms with E-state index in [0.29, 0.717) is 5.59 Å². The highest BCUT2D eigenvalue weighted by Gasteiger charge is 2.53. The largest absolute Gasteiger partial charge is 0.513 e. The van der Waals surface area contributed by atoms with Crippen LogP contribution in [0.4, 0.5) is 0 Å². The van der Waals surface area contributed by atoms with Crippen LogP contribution in [0.1, 0.15) is 27.7 Å². The van der Waals surface area contributed by atoms with Crippen LogP contribution >= 0.6 is 11.6 Å². The monoisotopic (exact) mass is 305 g/mol. The van der Waals surface area contributed by atoms with E-state index in [1.165, 1.54) is 6.07 Å². The van der Waals surface area contributed by atoms with Crippen LogP contribution in [-0.2, 0) is 19.3 Å². The summed E-state index contributed by atoms with van der Waals surface area (Å²) in [6, 6.07) is 3.12. The van der Waals surface area contributed by atoms with Crippen LogP contribution in [0.5, 0.6) is 0 Å². The second kappa shape index (κ2) is 4.25. The molecule has 0 aromatic carbocycles. The summed E-state index contributed by atoms with van der Waals surface area (Å²) >= 11 is 5.92. The molecule has 5 nitrogen and oxygen atoms in total. The molecule has 0 radical (unpaired) electrons. The van der Waals surface area contributed by atoms with E-state index in [0.717, 1.165) is 10.2 Å². The van der Waals surface area contributed by atoms with Gasteiger partial charge in [0, 0.05) is 0 Å². The van der Waals surface area contributed by atoms with Crippen molar-refractivity contribution in [3.05, 3.63) is 17.3 Å². The molecule has 0 spiro atoms. The van der Waals surface area contributed by atoms with Gasteiger partial charge >= 0.3 is 7.12 Å². The number of halogens is 1. The smallest absolute Gasteiger partial charge is 0.398 e. The summed E-state index contributed by atoms with van der Waals surface area (Å²) in [7, 11) is -4.27. The molecule has 19 heavy (non-hydrogen) atoms. The Morgan fingerprint density at radius 1 is 1.16 bits per heavy atom. The normalized spacial score (nSPS) is 21.9. The molecular weight excluding hydrogens is 288 g/mol. The van der Waals surface area contributed by atoms with Gasteiger partial charge < -0.3 is 9.31 Å². The molecular formula is C11H17BClNO4S. The van der Waals surface area contributed by atoms with Crippen molar-refractivity contribution in [1.82, 2.24) is 3.97 Å². The molecule has 0 atom stereocenters. The van der Waals surface area contributed by atoms with E-state index in [4.69, 9.17) is 20.9 Å². The molecule has 0 saturated carbocycles. The van der Waals surface area contributed by atoms with Gasteiger partial charge in [-0.1, -0.05) is 11.6 Å². The van der Waals surface area contributed by atoms with Crippen LogP contribution in [0.25, 0.3) is 0 Å². The van der Waals surface area contributed by atoms with E-state index in [1.807, 2.05) is 27.7 Å². The molecule has 8 heteroatoms. The summed E-state index contributed by atoms with van der Waals surface area (Å²) in [6.45, 7) is 7.62. The van der Waals surface area contributed by atoms with E-state index in [2.05, 4.69) is 0 Å². The highest BCUT2D eigenvalue weighted by atomic mass is 35.5. The maximum absolute atomic E-state index is 11.8. The zero-order chi connectivity index (χ0) is 14.6. The van der Waals surface area contributed by atoms with E-state index in [1.54, 1.807) is 6.07 Å². The summed E-state index contributed by atoms with van der Waals surface area (Å²) in [5.74, 6) is 0. The Hall–Kier alpha value is -0.495. The van der Waals surface area contributed by atoms with Gasteiger partial charge in [0.25, 0.3) is 0 Å². The highest BCUT2D eigenvalue weighted by Crippen LogP contribution is 2.36. The fourth-order valence-electron chi connectivity index (χ4n) is 1.90. The van der Waals surface area contributed by atoms with Crippen LogP contribution < -0.4 is 5.59 Å². The molecule has 0 amide bonds. The first kappa shape index (κ1) is 14.9. The fourth-order valence-corrected chi connectivity index (χ4v) is 3.35.